The lowest BCUT2D eigenvalue weighted by Gasteiger charge is -2.25. The molecule has 0 spiro atoms. The van der Waals surface area contributed by atoms with Crippen molar-refractivity contribution in [2.24, 2.45) is 17.8 Å². The van der Waals surface area contributed by atoms with Crippen molar-refractivity contribution in [2.75, 3.05) is 45.1 Å². The summed E-state index contributed by atoms with van der Waals surface area (Å²) >= 11 is 0. The van der Waals surface area contributed by atoms with E-state index in [1.165, 1.54) is 37.1 Å². The lowest BCUT2D eigenvalue weighted by molar-refractivity contribution is 0.0963. The molecule has 222 valence electrons. The molecule has 8 nitrogen and oxygen atoms in total. The van der Waals surface area contributed by atoms with Crippen LogP contribution in [0, 0.1) is 23.6 Å². The topological polar surface area (TPSA) is 83.1 Å². The van der Waals surface area contributed by atoms with Gasteiger partial charge in [0.2, 0.25) is 0 Å². The Morgan fingerprint density at radius 3 is 1.90 bits per heavy atom. The summed E-state index contributed by atoms with van der Waals surface area (Å²) in [5.41, 5.74) is 1.03. The van der Waals surface area contributed by atoms with Gasteiger partial charge >= 0.3 is 6.03 Å². The number of ether oxygens (including phenoxy) is 2. The van der Waals surface area contributed by atoms with Gasteiger partial charge in [-0.05, 0) is 66.3 Å². The number of carbonyl (C=O) groups excluding carboxylic acids is 2. The summed E-state index contributed by atoms with van der Waals surface area (Å²) in [4.78, 5) is 29.7. The van der Waals surface area contributed by atoms with Crippen LogP contribution < -0.4 is 20.1 Å². The van der Waals surface area contributed by atoms with Gasteiger partial charge in [0.15, 0.2) is 0 Å². The number of nitrogens with one attached hydrogen (secondary N) is 2. The molecule has 3 aromatic rings. The largest absolute Gasteiger partial charge is 0.457 e. The monoisotopic (exact) mass is 574 g/mol. The first-order valence-corrected chi connectivity index (χ1v) is 14.7. The first-order chi connectivity index (χ1) is 20.3. The zero-order chi connectivity index (χ0) is 29.6. The molecular weight excluding hydrogens is 535 g/mol. The van der Waals surface area contributed by atoms with E-state index in [1.54, 1.807) is 49.5 Å². The van der Waals surface area contributed by atoms with E-state index in [0.717, 1.165) is 38.6 Å². The van der Waals surface area contributed by atoms with E-state index in [-0.39, 0.29) is 17.8 Å². The Labute approximate surface area is 246 Å². The Morgan fingerprint density at radius 2 is 1.38 bits per heavy atom. The molecule has 42 heavy (non-hydrogen) atoms. The predicted octanol–water partition coefficient (Wildman–Crippen LogP) is 6.60. The van der Waals surface area contributed by atoms with Crippen LogP contribution in [0.15, 0.2) is 66.7 Å². The molecule has 3 aromatic carbocycles. The van der Waals surface area contributed by atoms with Crippen molar-refractivity contribution < 1.29 is 23.5 Å². The number of halogens is 1. The Balaban J connectivity index is 1.28. The number of benzene rings is 3. The van der Waals surface area contributed by atoms with E-state index < -0.39 is 0 Å². The number of likely N-dealkylation sites (tertiary alicyclic amines) is 2. The number of amides is 3. The molecule has 0 saturated carbocycles. The summed E-state index contributed by atoms with van der Waals surface area (Å²) in [6.45, 7) is 9.23. The zero-order valence-corrected chi connectivity index (χ0v) is 24.4. The van der Waals surface area contributed by atoms with Crippen LogP contribution in [-0.4, -0.2) is 61.5 Å². The average molecular weight is 575 g/mol. The highest BCUT2D eigenvalue weighted by molar-refractivity contribution is 5.94. The number of fused-ring (bicyclic) bond motifs is 1. The highest BCUT2D eigenvalue weighted by Crippen LogP contribution is 2.35. The number of urea groups is 1. The molecule has 0 radical (unpaired) electrons. The van der Waals surface area contributed by atoms with Crippen LogP contribution in [-0.2, 0) is 0 Å². The Morgan fingerprint density at radius 1 is 0.833 bits per heavy atom. The van der Waals surface area contributed by atoms with Gasteiger partial charge in [-0.2, -0.15) is 0 Å². The number of rotatable bonds is 10. The fourth-order valence-electron chi connectivity index (χ4n) is 5.87. The summed E-state index contributed by atoms with van der Waals surface area (Å²) in [7, 11) is 1.58. The number of carbonyl (C=O) groups is 2. The molecule has 2 aliphatic rings. The minimum atomic E-state index is -0.360. The maximum Gasteiger partial charge on any atom is 0.321 e. The minimum absolute atomic E-state index is 0.157. The van der Waals surface area contributed by atoms with Crippen LogP contribution >= 0.6 is 0 Å². The van der Waals surface area contributed by atoms with Gasteiger partial charge in [-0.15, -0.1) is 0 Å². The predicted molar refractivity (Wildman–Crippen MR) is 161 cm³/mol. The molecule has 9 heteroatoms. The molecule has 0 aromatic heterocycles. The fourth-order valence-corrected chi connectivity index (χ4v) is 5.87. The number of hydrogen-bond acceptors (Lipinski definition) is 5. The summed E-state index contributed by atoms with van der Waals surface area (Å²) in [5, 5.41) is 5.62. The Hall–Kier alpha value is -4.11. The summed E-state index contributed by atoms with van der Waals surface area (Å²) in [6.07, 6.45) is 2.40. The van der Waals surface area contributed by atoms with Crippen LogP contribution in [0.5, 0.6) is 23.0 Å². The van der Waals surface area contributed by atoms with Crippen LogP contribution in [0.3, 0.4) is 0 Å². The molecule has 2 aliphatic heterocycles. The summed E-state index contributed by atoms with van der Waals surface area (Å²) in [5.74, 6) is 3.00. The van der Waals surface area contributed by atoms with Crippen molar-refractivity contribution in [1.82, 2.24) is 15.1 Å². The lowest BCUT2D eigenvalue weighted by atomic mass is 10.0. The average Bonchev–Trinajstić information content (AvgIpc) is 3.56. The third-order valence-corrected chi connectivity index (χ3v) is 8.28. The van der Waals surface area contributed by atoms with E-state index in [4.69, 9.17) is 9.47 Å². The fraction of sp³-hybridized carbons (Fsp3) is 0.394. The summed E-state index contributed by atoms with van der Waals surface area (Å²) in [6, 6.07) is 17.5. The van der Waals surface area contributed by atoms with Crippen molar-refractivity contribution in [3.63, 3.8) is 0 Å². The first kappa shape index (κ1) is 29.4. The molecule has 5 rings (SSSR count). The third-order valence-electron chi connectivity index (χ3n) is 8.28. The van der Waals surface area contributed by atoms with Crippen molar-refractivity contribution in [3.05, 3.63) is 78.1 Å². The summed E-state index contributed by atoms with van der Waals surface area (Å²) < 4.78 is 25.5. The van der Waals surface area contributed by atoms with Crippen LogP contribution in [0.4, 0.5) is 14.9 Å². The van der Waals surface area contributed by atoms with Crippen LogP contribution in [0.25, 0.3) is 0 Å². The highest BCUT2D eigenvalue weighted by atomic mass is 19.1. The standard InChI is InChI=1S/C33H39FN4O4/c1-4-22(5-2)17-37-18-24-20-38(21-25(24)19-37)33(40)36-27-14-30(41-28-10-6-23(7-11-28)32(39)35-3)16-31(15-27)42-29-12-8-26(34)9-13-29/h6-16,22,24-25H,4-5,17-21H2,1-3H3,(H,35,39)(H,36,40). The zero-order valence-electron chi connectivity index (χ0n) is 24.4. The van der Waals surface area contributed by atoms with Gasteiger partial charge in [0, 0.05) is 69.2 Å². The molecule has 0 bridgehead atoms. The molecule has 2 unspecified atom stereocenters. The number of anilines is 1. The second-order valence-electron chi connectivity index (χ2n) is 11.2. The van der Waals surface area contributed by atoms with Crippen LogP contribution in [0.2, 0.25) is 0 Å². The third kappa shape index (κ3) is 7.20. The van der Waals surface area contributed by atoms with E-state index in [1.807, 2.05) is 4.90 Å². The quantitative estimate of drug-likeness (QED) is 0.285. The van der Waals surface area contributed by atoms with Crippen molar-refractivity contribution >= 4 is 17.6 Å². The highest BCUT2D eigenvalue weighted by Gasteiger charge is 2.41. The Kier molecular flexibility index (Phi) is 9.27. The van der Waals surface area contributed by atoms with E-state index >= 15 is 0 Å². The van der Waals surface area contributed by atoms with Gasteiger partial charge in [-0.3, -0.25) is 4.79 Å². The van der Waals surface area contributed by atoms with Crippen molar-refractivity contribution in [1.29, 1.82) is 0 Å². The van der Waals surface area contributed by atoms with Gasteiger partial charge in [-0.25, -0.2) is 9.18 Å². The normalized spacial score (nSPS) is 18.2. The van der Waals surface area contributed by atoms with Gasteiger partial charge in [0.25, 0.3) is 5.91 Å². The van der Waals surface area contributed by atoms with Gasteiger partial charge in [0.1, 0.15) is 28.8 Å². The maximum absolute atomic E-state index is 13.4. The van der Waals surface area contributed by atoms with Gasteiger partial charge in [-0.1, -0.05) is 26.7 Å². The lowest BCUT2D eigenvalue weighted by Crippen LogP contribution is -2.37. The minimum Gasteiger partial charge on any atom is -0.457 e. The van der Waals surface area contributed by atoms with Crippen molar-refractivity contribution in [2.45, 2.75) is 26.7 Å². The second-order valence-corrected chi connectivity index (χ2v) is 11.2. The molecule has 3 amide bonds. The van der Waals surface area contributed by atoms with Crippen LogP contribution in [0.1, 0.15) is 37.0 Å². The molecule has 2 N–H and O–H groups in total. The Bertz CT molecular complexity index is 1360. The van der Waals surface area contributed by atoms with E-state index in [9.17, 15) is 14.0 Å². The van der Waals surface area contributed by atoms with Gasteiger partial charge < -0.3 is 29.9 Å². The molecule has 2 atom stereocenters. The van der Waals surface area contributed by atoms with E-state index in [2.05, 4.69) is 29.4 Å². The van der Waals surface area contributed by atoms with Gasteiger partial charge in [0.05, 0.1) is 0 Å². The smallest absolute Gasteiger partial charge is 0.321 e. The molecule has 0 aliphatic carbocycles. The molecule has 2 heterocycles. The molecule has 2 fully saturated rings. The van der Waals surface area contributed by atoms with Crippen molar-refractivity contribution in [3.8, 4) is 23.0 Å². The molecule has 2 saturated heterocycles. The first-order valence-electron chi connectivity index (χ1n) is 14.7. The SMILES string of the molecule is CCC(CC)CN1CC2CN(C(=O)Nc3cc(Oc4ccc(F)cc4)cc(Oc4ccc(C(=O)NC)cc4)c3)CC2C1. The second kappa shape index (κ2) is 13.2. The number of hydrogen-bond donors (Lipinski definition) is 2. The molecular formula is C33H39FN4O4. The number of nitrogens with zero attached hydrogens (tertiary/aromatic N) is 2. The van der Waals surface area contributed by atoms with E-state index in [0.29, 0.717) is 46.1 Å². The maximum atomic E-state index is 13.4.